The lowest BCUT2D eigenvalue weighted by Gasteiger charge is -2.15. The number of hydrogen-bond acceptors (Lipinski definition) is 3. The van der Waals surface area contributed by atoms with Crippen LogP contribution in [0, 0.1) is 27.7 Å². The highest BCUT2D eigenvalue weighted by Gasteiger charge is 2.22. The Kier molecular flexibility index (Phi) is 7.19. The van der Waals surface area contributed by atoms with Crippen molar-refractivity contribution in [1.29, 1.82) is 0 Å². The number of amides is 3. The molecule has 0 saturated carbocycles. The number of halogens is 2. The van der Waals surface area contributed by atoms with Crippen molar-refractivity contribution in [2.24, 2.45) is 0 Å². The Hall–Kier alpha value is -3.62. The summed E-state index contributed by atoms with van der Waals surface area (Å²) in [5, 5.41) is 6.63. The monoisotopic (exact) mass is 566 g/mol. The molecule has 3 amide bonds. The highest BCUT2D eigenvalue weighted by molar-refractivity contribution is 9.10. The molecule has 0 bridgehead atoms. The third-order valence-corrected chi connectivity index (χ3v) is 6.60. The molecule has 0 saturated heterocycles. The Morgan fingerprint density at radius 1 is 0.806 bits per heavy atom. The van der Waals surface area contributed by atoms with Crippen molar-refractivity contribution >= 4 is 67.5 Å². The second-order valence-electron chi connectivity index (χ2n) is 8.67. The molecule has 4 aromatic rings. The van der Waals surface area contributed by atoms with Gasteiger partial charge in [0.25, 0.3) is 5.91 Å². The van der Waals surface area contributed by atoms with Crippen LogP contribution in [-0.4, -0.2) is 22.4 Å². The van der Waals surface area contributed by atoms with Gasteiger partial charge in [-0.05, 0) is 96.7 Å². The fourth-order valence-corrected chi connectivity index (χ4v) is 4.85. The van der Waals surface area contributed by atoms with Crippen LogP contribution in [0.25, 0.3) is 10.9 Å². The molecule has 7 nitrogen and oxygen atoms in total. The molecule has 1 heterocycles. The largest absolute Gasteiger partial charge is 0.328 e. The minimum absolute atomic E-state index is 0.128. The number of aromatic nitrogens is 1. The van der Waals surface area contributed by atoms with Crippen LogP contribution in [0.3, 0.4) is 0 Å². The van der Waals surface area contributed by atoms with E-state index in [1.165, 1.54) is 4.68 Å². The molecule has 0 spiro atoms. The second kappa shape index (κ2) is 10.2. The molecule has 0 aliphatic rings. The molecule has 9 heteroatoms. The Labute approximate surface area is 221 Å². The molecule has 3 N–H and O–H groups in total. The lowest BCUT2D eigenvalue weighted by atomic mass is 10.1. The van der Waals surface area contributed by atoms with Gasteiger partial charge in [-0.1, -0.05) is 35.4 Å². The number of benzene rings is 3. The van der Waals surface area contributed by atoms with Crippen molar-refractivity contribution in [3.05, 3.63) is 92.0 Å². The molecular formula is C27H24BrClN4O3. The van der Waals surface area contributed by atoms with E-state index < -0.39 is 17.7 Å². The number of carbonyl (C=O) groups is 3. The predicted molar refractivity (Wildman–Crippen MR) is 147 cm³/mol. The highest BCUT2D eigenvalue weighted by atomic mass is 79.9. The minimum atomic E-state index is -0.924. The molecule has 0 radical (unpaired) electrons. The Balaban J connectivity index is 1.65. The minimum Gasteiger partial charge on any atom is -0.320 e. The fraction of sp³-hybridized carbons (Fsp3) is 0.148. The molecule has 1 aromatic heterocycles. The highest BCUT2D eigenvalue weighted by Crippen LogP contribution is 2.27. The molecule has 0 aliphatic carbocycles. The number of fused-ring (bicyclic) bond motifs is 1. The van der Waals surface area contributed by atoms with Crippen LogP contribution in [0.4, 0.5) is 11.4 Å². The summed E-state index contributed by atoms with van der Waals surface area (Å²) in [6.07, 6.45) is 0. The van der Waals surface area contributed by atoms with Gasteiger partial charge in [-0.25, -0.2) is 4.68 Å². The quantitative estimate of drug-likeness (QED) is 0.255. The molecule has 0 aliphatic heterocycles. The van der Waals surface area contributed by atoms with Crippen molar-refractivity contribution < 1.29 is 14.4 Å². The molecule has 36 heavy (non-hydrogen) atoms. The Bertz CT molecular complexity index is 1520. The molecule has 184 valence electrons. The van der Waals surface area contributed by atoms with Crippen LogP contribution in [0.2, 0.25) is 5.02 Å². The first-order chi connectivity index (χ1) is 17.0. The van der Waals surface area contributed by atoms with E-state index in [1.807, 2.05) is 52.0 Å². The maximum atomic E-state index is 13.3. The van der Waals surface area contributed by atoms with Crippen LogP contribution < -0.4 is 16.1 Å². The number of nitrogens with zero attached hydrogens (tertiary/aromatic N) is 1. The van der Waals surface area contributed by atoms with E-state index in [2.05, 4.69) is 32.0 Å². The van der Waals surface area contributed by atoms with E-state index in [0.717, 1.165) is 22.3 Å². The van der Waals surface area contributed by atoms with Gasteiger partial charge in [0, 0.05) is 20.6 Å². The average molecular weight is 568 g/mol. The summed E-state index contributed by atoms with van der Waals surface area (Å²) in [6.45, 7) is 7.63. The van der Waals surface area contributed by atoms with E-state index in [0.29, 0.717) is 31.8 Å². The zero-order chi connectivity index (χ0) is 26.1. The van der Waals surface area contributed by atoms with Gasteiger partial charge in [-0.2, -0.15) is 0 Å². The maximum Gasteiger partial charge on any atom is 0.328 e. The second-order valence-corrected chi connectivity index (χ2v) is 9.97. The van der Waals surface area contributed by atoms with Gasteiger partial charge in [0.2, 0.25) is 0 Å². The van der Waals surface area contributed by atoms with Crippen LogP contribution in [-0.2, 0) is 9.59 Å². The summed E-state index contributed by atoms with van der Waals surface area (Å²) < 4.78 is 2.01. The molecule has 4 rings (SSSR count). The first-order valence-electron chi connectivity index (χ1n) is 11.1. The number of rotatable bonds is 4. The molecule has 0 fully saturated rings. The van der Waals surface area contributed by atoms with E-state index in [1.54, 1.807) is 30.3 Å². The van der Waals surface area contributed by atoms with Crippen molar-refractivity contribution in [1.82, 2.24) is 4.68 Å². The summed E-state index contributed by atoms with van der Waals surface area (Å²) in [5.74, 6) is -2.25. The van der Waals surface area contributed by atoms with Crippen molar-refractivity contribution in [3.63, 3.8) is 0 Å². The fourth-order valence-electron chi connectivity index (χ4n) is 4.08. The Morgan fingerprint density at radius 3 is 2.17 bits per heavy atom. The van der Waals surface area contributed by atoms with Gasteiger partial charge in [-0.15, -0.1) is 0 Å². The predicted octanol–water partition coefficient (Wildman–Crippen LogP) is 6.25. The smallest absolute Gasteiger partial charge is 0.320 e. The summed E-state index contributed by atoms with van der Waals surface area (Å²) in [6, 6.07) is 16.0. The third kappa shape index (κ3) is 5.29. The van der Waals surface area contributed by atoms with Gasteiger partial charge in [0.05, 0.1) is 11.2 Å². The van der Waals surface area contributed by atoms with Crippen LogP contribution in [0.15, 0.2) is 59.1 Å². The number of aryl methyl sites for hydroxylation is 4. The van der Waals surface area contributed by atoms with Crippen LogP contribution >= 0.6 is 27.5 Å². The van der Waals surface area contributed by atoms with Gasteiger partial charge in [0.1, 0.15) is 5.69 Å². The van der Waals surface area contributed by atoms with Crippen LogP contribution in [0.1, 0.15) is 32.7 Å². The Morgan fingerprint density at radius 2 is 1.50 bits per heavy atom. The number of carbonyl (C=O) groups excluding carboxylic acids is 3. The summed E-state index contributed by atoms with van der Waals surface area (Å²) >= 11 is 9.60. The molecular weight excluding hydrogens is 544 g/mol. The summed E-state index contributed by atoms with van der Waals surface area (Å²) in [7, 11) is 0. The topological polar surface area (TPSA) is 92.2 Å². The molecule has 3 aromatic carbocycles. The standard InChI is InChI=1S/C27H24BrClN4O3/c1-14-5-7-21(20(28)11-14)30-25(34)23-13-18-12-19(29)6-8-22(18)33(23)32-27(36)26(35)31-24-16(3)9-15(2)10-17(24)4/h5-13H,1-4H3,(H,30,34)(H,31,35)(H,32,36). The molecule has 0 unspecified atom stereocenters. The number of nitrogens with one attached hydrogen (secondary N) is 3. The normalized spacial score (nSPS) is 10.8. The summed E-state index contributed by atoms with van der Waals surface area (Å²) in [4.78, 5) is 39.0. The van der Waals surface area contributed by atoms with Gasteiger partial charge in [0.15, 0.2) is 0 Å². The van der Waals surface area contributed by atoms with Crippen LogP contribution in [0.5, 0.6) is 0 Å². The van der Waals surface area contributed by atoms with Gasteiger partial charge < -0.3 is 10.6 Å². The van der Waals surface area contributed by atoms with E-state index >= 15 is 0 Å². The van der Waals surface area contributed by atoms with Crippen molar-refractivity contribution in [3.8, 4) is 0 Å². The first kappa shape index (κ1) is 25.5. The maximum absolute atomic E-state index is 13.3. The van der Waals surface area contributed by atoms with Crippen molar-refractivity contribution in [2.75, 3.05) is 16.1 Å². The number of hydrogen-bond donors (Lipinski definition) is 3. The summed E-state index contributed by atoms with van der Waals surface area (Å²) in [5.41, 5.74) is 8.12. The van der Waals surface area contributed by atoms with E-state index in [9.17, 15) is 14.4 Å². The zero-order valence-corrected chi connectivity index (χ0v) is 22.5. The zero-order valence-electron chi connectivity index (χ0n) is 20.1. The van der Waals surface area contributed by atoms with Gasteiger partial charge >= 0.3 is 11.8 Å². The number of anilines is 2. The molecule has 0 atom stereocenters. The first-order valence-corrected chi connectivity index (χ1v) is 12.3. The lowest BCUT2D eigenvalue weighted by Crippen LogP contribution is -2.36. The SMILES string of the molecule is Cc1cc(C)c(NC(=O)C(=O)Nn2c(C(=O)Nc3ccc(C)cc3Br)cc3cc(Cl)ccc32)c(C)c1. The van der Waals surface area contributed by atoms with E-state index in [-0.39, 0.29) is 5.69 Å². The van der Waals surface area contributed by atoms with E-state index in [4.69, 9.17) is 11.6 Å². The van der Waals surface area contributed by atoms with Gasteiger partial charge in [-0.3, -0.25) is 19.8 Å². The third-order valence-electron chi connectivity index (χ3n) is 5.70. The van der Waals surface area contributed by atoms with Crippen molar-refractivity contribution in [2.45, 2.75) is 27.7 Å². The lowest BCUT2D eigenvalue weighted by molar-refractivity contribution is -0.133. The average Bonchev–Trinajstić information content (AvgIpc) is 3.15.